The maximum absolute atomic E-state index is 13.9. The van der Waals surface area contributed by atoms with Crippen LogP contribution in [0.1, 0.15) is 48.9 Å². The molecular weight excluding hydrogens is 445 g/mol. The summed E-state index contributed by atoms with van der Waals surface area (Å²) in [6.07, 6.45) is 5.39. The SMILES string of the molecule is C[C@@H]1CCc2ncnc(N3CCN(C(=O)C4(c5ccc(Cl)c(Cl)c5)CCNCC4)CC3)c21. The first kappa shape index (κ1) is 21.9. The van der Waals surface area contributed by atoms with E-state index in [0.29, 0.717) is 29.1 Å². The van der Waals surface area contributed by atoms with E-state index in [4.69, 9.17) is 23.2 Å². The Balaban J connectivity index is 1.36. The zero-order valence-electron chi connectivity index (χ0n) is 18.4. The van der Waals surface area contributed by atoms with E-state index in [9.17, 15) is 4.79 Å². The van der Waals surface area contributed by atoms with E-state index < -0.39 is 5.41 Å². The van der Waals surface area contributed by atoms with Gasteiger partial charge in [-0.25, -0.2) is 9.97 Å². The van der Waals surface area contributed by atoms with Crippen molar-refractivity contribution in [3.63, 3.8) is 0 Å². The van der Waals surface area contributed by atoms with Crippen LogP contribution >= 0.6 is 23.2 Å². The van der Waals surface area contributed by atoms with E-state index >= 15 is 0 Å². The second-order valence-corrected chi connectivity index (χ2v) is 10.1. The van der Waals surface area contributed by atoms with Gasteiger partial charge in [-0.2, -0.15) is 0 Å². The molecule has 1 aromatic heterocycles. The summed E-state index contributed by atoms with van der Waals surface area (Å²) in [7, 11) is 0. The zero-order chi connectivity index (χ0) is 22.3. The number of fused-ring (bicyclic) bond motifs is 1. The zero-order valence-corrected chi connectivity index (χ0v) is 19.9. The molecule has 5 rings (SSSR count). The number of carbonyl (C=O) groups is 1. The number of piperazine rings is 1. The predicted octanol–water partition coefficient (Wildman–Crippen LogP) is 3.80. The van der Waals surface area contributed by atoms with Gasteiger partial charge < -0.3 is 15.1 Å². The Bertz CT molecular complexity index is 1020. The van der Waals surface area contributed by atoms with Gasteiger partial charge in [-0.05, 0) is 62.4 Å². The van der Waals surface area contributed by atoms with E-state index in [1.807, 2.05) is 23.1 Å². The molecule has 170 valence electrons. The predicted molar refractivity (Wildman–Crippen MR) is 128 cm³/mol. The number of amides is 1. The summed E-state index contributed by atoms with van der Waals surface area (Å²) in [4.78, 5) is 27.4. The number of benzene rings is 1. The number of halogens is 2. The van der Waals surface area contributed by atoms with Crippen molar-refractivity contribution in [2.75, 3.05) is 44.2 Å². The molecule has 0 saturated carbocycles. The van der Waals surface area contributed by atoms with Gasteiger partial charge in [0.25, 0.3) is 0 Å². The van der Waals surface area contributed by atoms with E-state index in [-0.39, 0.29) is 5.91 Å². The molecule has 0 spiro atoms. The highest BCUT2D eigenvalue weighted by Crippen LogP contribution is 2.40. The van der Waals surface area contributed by atoms with Crippen LogP contribution in [0.2, 0.25) is 10.0 Å². The first-order valence-corrected chi connectivity index (χ1v) is 12.3. The molecule has 0 bridgehead atoms. The third-order valence-corrected chi connectivity index (χ3v) is 8.20. The first-order valence-electron chi connectivity index (χ1n) is 11.5. The molecule has 2 saturated heterocycles. The Labute approximate surface area is 199 Å². The number of piperidine rings is 1. The molecule has 32 heavy (non-hydrogen) atoms. The van der Waals surface area contributed by atoms with Crippen molar-refractivity contribution in [3.05, 3.63) is 51.4 Å². The fraction of sp³-hybridized carbons (Fsp3) is 0.542. The van der Waals surface area contributed by atoms with Crippen molar-refractivity contribution < 1.29 is 4.79 Å². The second kappa shape index (κ2) is 8.81. The highest BCUT2D eigenvalue weighted by Gasteiger charge is 2.44. The normalized spacial score (nSPS) is 22.7. The Morgan fingerprint density at radius 1 is 1.09 bits per heavy atom. The van der Waals surface area contributed by atoms with Gasteiger partial charge in [-0.3, -0.25) is 4.79 Å². The number of carbonyl (C=O) groups excluding carboxylic acids is 1. The Kier molecular flexibility index (Phi) is 6.03. The smallest absolute Gasteiger partial charge is 0.233 e. The summed E-state index contributed by atoms with van der Waals surface area (Å²) in [6, 6.07) is 5.67. The van der Waals surface area contributed by atoms with Crippen molar-refractivity contribution in [1.29, 1.82) is 0 Å². The minimum atomic E-state index is -0.549. The maximum Gasteiger partial charge on any atom is 0.233 e. The average molecular weight is 474 g/mol. The number of anilines is 1. The van der Waals surface area contributed by atoms with Crippen molar-refractivity contribution in [2.24, 2.45) is 0 Å². The molecule has 3 aliphatic rings. The molecular formula is C24H29Cl2N5O. The van der Waals surface area contributed by atoms with Gasteiger partial charge in [-0.15, -0.1) is 0 Å². The number of rotatable bonds is 3. The van der Waals surface area contributed by atoms with Crippen LogP contribution in [0.5, 0.6) is 0 Å². The Morgan fingerprint density at radius 2 is 1.84 bits per heavy atom. The molecule has 2 fully saturated rings. The summed E-state index contributed by atoms with van der Waals surface area (Å²) in [5.41, 5.74) is 2.92. The molecule has 6 nitrogen and oxygen atoms in total. The lowest BCUT2D eigenvalue weighted by atomic mass is 9.72. The van der Waals surface area contributed by atoms with Crippen molar-refractivity contribution in [3.8, 4) is 0 Å². The lowest BCUT2D eigenvalue weighted by molar-refractivity contribution is -0.139. The number of nitrogens with one attached hydrogen (secondary N) is 1. The third kappa shape index (κ3) is 3.76. The van der Waals surface area contributed by atoms with E-state index in [2.05, 4.69) is 27.1 Å². The number of aryl methyl sites for hydroxylation is 1. The van der Waals surface area contributed by atoms with Gasteiger partial charge in [0.15, 0.2) is 0 Å². The molecule has 3 heterocycles. The van der Waals surface area contributed by atoms with Crippen LogP contribution in [-0.4, -0.2) is 60.0 Å². The van der Waals surface area contributed by atoms with E-state index in [1.54, 1.807) is 6.33 Å². The fourth-order valence-corrected chi connectivity index (χ4v) is 5.87. The van der Waals surface area contributed by atoms with Crippen LogP contribution in [0.4, 0.5) is 5.82 Å². The third-order valence-electron chi connectivity index (χ3n) is 7.46. The quantitative estimate of drug-likeness (QED) is 0.734. The van der Waals surface area contributed by atoms with Crippen LogP contribution in [0.25, 0.3) is 0 Å². The molecule has 2 aliphatic heterocycles. The van der Waals surface area contributed by atoms with Crippen LogP contribution in [0, 0.1) is 0 Å². The number of hydrogen-bond acceptors (Lipinski definition) is 5. The molecule has 2 aromatic rings. The number of hydrogen-bond donors (Lipinski definition) is 1. The van der Waals surface area contributed by atoms with Crippen LogP contribution in [0.15, 0.2) is 24.5 Å². The van der Waals surface area contributed by atoms with Crippen LogP contribution in [-0.2, 0) is 16.6 Å². The average Bonchev–Trinajstić information content (AvgIpc) is 3.22. The maximum atomic E-state index is 13.9. The molecule has 1 N–H and O–H groups in total. The van der Waals surface area contributed by atoms with Crippen molar-refractivity contribution in [2.45, 2.75) is 43.9 Å². The largest absolute Gasteiger partial charge is 0.353 e. The molecule has 0 unspecified atom stereocenters. The number of aromatic nitrogens is 2. The van der Waals surface area contributed by atoms with Gasteiger partial charge >= 0.3 is 0 Å². The standard InChI is InChI=1S/C24H29Cl2N5O/c1-16-2-5-20-21(16)22(29-15-28-20)30-10-12-31(13-11-30)23(32)24(6-8-27-9-7-24)17-3-4-18(25)19(26)14-17/h3-4,14-16,27H,2,5-13H2,1H3/t16-/m1/s1. The summed E-state index contributed by atoms with van der Waals surface area (Å²) in [5, 5.41) is 4.42. The van der Waals surface area contributed by atoms with E-state index in [0.717, 1.165) is 63.2 Å². The Hall–Kier alpha value is -1.89. The lowest BCUT2D eigenvalue weighted by Gasteiger charge is -2.44. The van der Waals surface area contributed by atoms with Crippen LogP contribution in [0.3, 0.4) is 0 Å². The summed E-state index contributed by atoms with van der Waals surface area (Å²) in [6.45, 7) is 6.87. The van der Waals surface area contributed by atoms with Crippen LogP contribution < -0.4 is 10.2 Å². The molecule has 1 aliphatic carbocycles. The highest BCUT2D eigenvalue weighted by atomic mass is 35.5. The van der Waals surface area contributed by atoms with Gasteiger partial charge in [0, 0.05) is 37.4 Å². The molecule has 1 amide bonds. The summed E-state index contributed by atoms with van der Waals surface area (Å²) >= 11 is 12.5. The monoisotopic (exact) mass is 473 g/mol. The first-order chi connectivity index (χ1) is 15.5. The van der Waals surface area contributed by atoms with Gasteiger partial charge in [0.1, 0.15) is 12.1 Å². The molecule has 1 atom stereocenters. The minimum absolute atomic E-state index is 0.207. The number of nitrogens with zero attached hydrogens (tertiary/aromatic N) is 4. The summed E-state index contributed by atoms with van der Waals surface area (Å²) in [5.74, 6) is 1.76. The second-order valence-electron chi connectivity index (χ2n) is 9.24. The highest BCUT2D eigenvalue weighted by molar-refractivity contribution is 6.42. The molecule has 1 aromatic carbocycles. The Morgan fingerprint density at radius 3 is 2.56 bits per heavy atom. The molecule has 0 radical (unpaired) electrons. The molecule has 8 heteroatoms. The van der Waals surface area contributed by atoms with Crippen molar-refractivity contribution in [1.82, 2.24) is 20.2 Å². The van der Waals surface area contributed by atoms with Gasteiger partial charge in [0.2, 0.25) is 5.91 Å². The van der Waals surface area contributed by atoms with Gasteiger partial charge in [-0.1, -0.05) is 36.2 Å². The summed E-state index contributed by atoms with van der Waals surface area (Å²) < 4.78 is 0. The fourth-order valence-electron chi connectivity index (χ4n) is 5.57. The van der Waals surface area contributed by atoms with Gasteiger partial charge in [0.05, 0.1) is 15.5 Å². The van der Waals surface area contributed by atoms with E-state index in [1.165, 1.54) is 11.3 Å². The lowest BCUT2D eigenvalue weighted by Crippen LogP contribution is -2.57. The minimum Gasteiger partial charge on any atom is -0.353 e. The van der Waals surface area contributed by atoms with Crippen molar-refractivity contribution >= 4 is 34.9 Å². The topological polar surface area (TPSA) is 61.4 Å².